The summed E-state index contributed by atoms with van der Waals surface area (Å²) in [4.78, 5) is 0. The van der Waals surface area contributed by atoms with Crippen molar-refractivity contribution in [2.75, 3.05) is 0 Å². The zero-order valence-electron chi connectivity index (χ0n) is 8.55. The lowest BCUT2D eigenvalue weighted by Gasteiger charge is -2.14. The fourth-order valence-electron chi connectivity index (χ4n) is 1.83. The predicted molar refractivity (Wildman–Crippen MR) is 60.3 cm³/mol. The molecular formula is C12H15ClFN. The van der Waals surface area contributed by atoms with Gasteiger partial charge in [-0.15, -0.1) is 0 Å². The Labute approximate surface area is 94.4 Å². The Kier molecular flexibility index (Phi) is 3.27. The summed E-state index contributed by atoms with van der Waals surface area (Å²) in [6.07, 6.45) is 4.52. The van der Waals surface area contributed by atoms with Crippen molar-refractivity contribution in [3.8, 4) is 0 Å². The van der Waals surface area contributed by atoms with Gasteiger partial charge in [0.1, 0.15) is 5.82 Å². The van der Waals surface area contributed by atoms with Gasteiger partial charge in [0.15, 0.2) is 0 Å². The molecule has 0 radical (unpaired) electrons. The maximum Gasteiger partial charge on any atom is 0.129 e. The van der Waals surface area contributed by atoms with Crippen LogP contribution in [-0.2, 0) is 0 Å². The minimum Gasteiger partial charge on any atom is -0.324 e. The first-order chi connectivity index (χ1) is 7.18. The lowest BCUT2D eigenvalue weighted by molar-refractivity contribution is 0.535. The van der Waals surface area contributed by atoms with Crippen LogP contribution in [0.3, 0.4) is 0 Å². The second-order valence-electron chi connectivity index (χ2n) is 4.26. The van der Waals surface area contributed by atoms with Crippen molar-refractivity contribution in [2.24, 2.45) is 11.7 Å². The van der Waals surface area contributed by atoms with E-state index >= 15 is 0 Å². The third-order valence-electron chi connectivity index (χ3n) is 2.95. The van der Waals surface area contributed by atoms with Crippen LogP contribution in [0.25, 0.3) is 0 Å². The second kappa shape index (κ2) is 4.50. The van der Waals surface area contributed by atoms with Gasteiger partial charge in [-0.1, -0.05) is 30.5 Å². The van der Waals surface area contributed by atoms with Crippen LogP contribution in [0.5, 0.6) is 0 Å². The minimum absolute atomic E-state index is 0.265. The number of benzene rings is 1. The third kappa shape index (κ3) is 2.70. The van der Waals surface area contributed by atoms with E-state index in [4.69, 9.17) is 17.3 Å². The monoisotopic (exact) mass is 227 g/mol. The fraction of sp³-hybridized carbons (Fsp3) is 0.500. The molecule has 82 valence electrons. The molecule has 0 aromatic heterocycles. The molecule has 2 N–H and O–H groups in total. The molecule has 1 aromatic carbocycles. The maximum absolute atomic E-state index is 13.5. The molecule has 0 aliphatic heterocycles. The Morgan fingerprint density at radius 1 is 1.47 bits per heavy atom. The first kappa shape index (κ1) is 10.9. The zero-order chi connectivity index (χ0) is 10.8. The summed E-state index contributed by atoms with van der Waals surface area (Å²) in [5.74, 6) is 0.535. The van der Waals surface area contributed by atoms with E-state index in [0.29, 0.717) is 10.6 Å². The standard InChI is InChI=1S/C12H15ClFN/c13-9-2-1-3-10(14)12(9)11(15)7-6-8-4-5-8/h1-3,8,11H,4-7,15H2. The minimum atomic E-state index is -0.286. The largest absolute Gasteiger partial charge is 0.324 e. The molecule has 2 rings (SSSR count). The molecule has 0 bridgehead atoms. The van der Waals surface area contributed by atoms with E-state index in [-0.39, 0.29) is 11.9 Å². The van der Waals surface area contributed by atoms with Crippen molar-refractivity contribution in [1.29, 1.82) is 0 Å². The van der Waals surface area contributed by atoms with Gasteiger partial charge >= 0.3 is 0 Å². The zero-order valence-corrected chi connectivity index (χ0v) is 9.30. The first-order valence-corrected chi connectivity index (χ1v) is 5.75. The summed E-state index contributed by atoms with van der Waals surface area (Å²) < 4.78 is 13.5. The summed E-state index contributed by atoms with van der Waals surface area (Å²) in [5.41, 5.74) is 6.42. The highest BCUT2D eigenvalue weighted by Crippen LogP contribution is 2.36. The molecule has 1 fully saturated rings. The lowest BCUT2D eigenvalue weighted by Crippen LogP contribution is -2.13. The number of hydrogen-bond acceptors (Lipinski definition) is 1. The average Bonchev–Trinajstić information content (AvgIpc) is 2.97. The van der Waals surface area contributed by atoms with E-state index in [2.05, 4.69) is 0 Å². The van der Waals surface area contributed by atoms with Gasteiger partial charge in [0.05, 0.1) is 0 Å². The molecule has 1 nitrogen and oxygen atoms in total. The molecule has 1 atom stereocenters. The van der Waals surface area contributed by atoms with Gasteiger partial charge in [0.2, 0.25) is 0 Å². The Morgan fingerprint density at radius 3 is 2.80 bits per heavy atom. The number of nitrogens with two attached hydrogens (primary N) is 1. The smallest absolute Gasteiger partial charge is 0.129 e. The maximum atomic E-state index is 13.5. The van der Waals surface area contributed by atoms with Crippen LogP contribution in [0.2, 0.25) is 5.02 Å². The molecule has 0 saturated heterocycles. The summed E-state index contributed by atoms with van der Waals surface area (Å²) in [6.45, 7) is 0. The van der Waals surface area contributed by atoms with Crippen molar-refractivity contribution in [2.45, 2.75) is 31.7 Å². The number of halogens is 2. The van der Waals surface area contributed by atoms with E-state index in [1.807, 2.05) is 0 Å². The summed E-state index contributed by atoms with van der Waals surface area (Å²) >= 11 is 5.94. The molecule has 1 saturated carbocycles. The van der Waals surface area contributed by atoms with E-state index in [1.54, 1.807) is 12.1 Å². The van der Waals surface area contributed by atoms with Crippen molar-refractivity contribution in [3.63, 3.8) is 0 Å². The molecule has 1 aliphatic carbocycles. The molecule has 0 spiro atoms. The van der Waals surface area contributed by atoms with Crippen molar-refractivity contribution < 1.29 is 4.39 Å². The second-order valence-corrected chi connectivity index (χ2v) is 4.67. The SMILES string of the molecule is NC(CCC1CC1)c1c(F)cccc1Cl. The molecule has 0 amide bonds. The summed E-state index contributed by atoms with van der Waals surface area (Å²) in [5, 5.41) is 0.443. The number of hydrogen-bond donors (Lipinski definition) is 1. The van der Waals surface area contributed by atoms with Gasteiger partial charge in [0, 0.05) is 16.6 Å². The van der Waals surface area contributed by atoms with Gasteiger partial charge in [-0.25, -0.2) is 4.39 Å². The van der Waals surface area contributed by atoms with Crippen LogP contribution in [0, 0.1) is 11.7 Å². The normalized spacial score (nSPS) is 17.8. The van der Waals surface area contributed by atoms with Crippen LogP contribution >= 0.6 is 11.6 Å². The van der Waals surface area contributed by atoms with Crippen LogP contribution in [0.15, 0.2) is 18.2 Å². The molecule has 3 heteroatoms. The fourth-order valence-corrected chi connectivity index (χ4v) is 2.13. The van der Waals surface area contributed by atoms with Gasteiger partial charge in [-0.3, -0.25) is 0 Å². The first-order valence-electron chi connectivity index (χ1n) is 5.38. The van der Waals surface area contributed by atoms with Crippen LogP contribution in [0.1, 0.15) is 37.3 Å². The van der Waals surface area contributed by atoms with Crippen molar-refractivity contribution >= 4 is 11.6 Å². The van der Waals surface area contributed by atoms with E-state index in [0.717, 1.165) is 18.8 Å². The Hall–Kier alpha value is -0.600. The topological polar surface area (TPSA) is 26.0 Å². The Balaban J connectivity index is 2.05. The third-order valence-corrected chi connectivity index (χ3v) is 3.28. The van der Waals surface area contributed by atoms with Gasteiger partial charge in [-0.2, -0.15) is 0 Å². The van der Waals surface area contributed by atoms with Crippen molar-refractivity contribution in [3.05, 3.63) is 34.6 Å². The molecule has 15 heavy (non-hydrogen) atoms. The number of rotatable bonds is 4. The molecule has 0 heterocycles. The average molecular weight is 228 g/mol. The van der Waals surface area contributed by atoms with Gasteiger partial charge in [0.25, 0.3) is 0 Å². The van der Waals surface area contributed by atoms with E-state index in [9.17, 15) is 4.39 Å². The Bertz CT molecular complexity index is 329. The lowest BCUT2D eigenvalue weighted by atomic mass is 10.0. The van der Waals surface area contributed by atoms with E-state index < -0.39 is 0 Å². The summed E-state index contributed by atoms with van der Waals surface area (Å²) in [7, 11) is 0. The molecular weight excluding hydrogens is 213 g/mol. The summed E-state index contributed by atoms with van der Waals surface area (Å²) in [6, 6.07) is 4.45. The van der Waals surface area contributed by atoms with Gasteiger partial charge < -0.3 is 5.73 Å². The van der Waals surface area contributed by atoms with Crippen molar-refractivity contribution in [1.82, 2.24) is 0 Å². The van der Waals surface area contributed by atoms with Crippen LogP contribution in [-0.4, -0.2) is 0 Å². The highest BCUT2D eigenvalue weighted by atomic mass is 35.5. The highest BCUT2D eigenvalue weighted by Gasteiger charge is 2.23. The quantitative estimate of drug-likeness (QED) is 0.835. The Morgan fingerprint density at radius 2 is 2.20 bits per heavy atom. The van der Waals surface area contributed by atoms with Crippen LogP contribution < -0.4 is 5.73 Å². The van der Waals surface area contributed by atoms with Gasteiger partial charge in [-0.05, 0) is 30.9 Å². The molecule has 1 aliphatic rings. The highest BCUT2D eigenvalue weighted by molar-refractivity contribution is 6.31. The molecule has 1 unspecified atom stereocenters. The van der Waals surface area contributed by atoms with Crippen LogP contribution in [0.4, 0.5) is 4.39 Å². The predicted octanol–water partition coefficient (Wildman–Crippen LogP) is 3.67. The van der Waals surface area contributed by atoms with E-state index in [1.165, 1.54) is 18.9 Å². The molecule has 1 aromatic rings.